The van der Waals surface area contributed by atoms with E-state index in [0.29, 0.717) is 6.42 Å². The summed E-state index contributed by atoms with van der Waals surface area (Å²) in [5, 5.41) is 26.7. The molecule has 0 saturated carbocycles. The highest BCUT2D eigenvalue weighted by Gasteiger charge is 2.30. The molecule has 0 fully saturated rings. The van der Waals surface area contributed by atoms with E-state index < -0.39 is 11.6 Å². The van der Waals surface area contributed by atoms with Crippen molar-refractivity contribution in [2.24, 2.45) is 0 Å². The predicted octanol–water partition coefficient (Wildman–Crippen LogP) is -0.191. The van der Waals surface area contributed by atoms with Crippen molar-refractivity contribution in [3.05, 3.63) is 0 Å². The Balaban J connectivity index is 3.88. The lowest BCUT2D eigenvalue weighted by atomic mass is 10.0. The van der Waals surface area contributed by atoms with Crippen molar-refractivity contribution in [2.75, 3.05) is 6.61 Å². The third-order valence-corrected chi connectivity index (χ3v) is 1.61. The molecule has 0 unspecified atom stereocenters. The van der Waals surface area contributed by atoms with Gasteiger partial charge in [0.25, 0.3) is 0 Å². The van der Waals surface area contributed by atoms with Crippen molar-refractivity contribution in [3.8, 4) is 0 Å². The summed E-state index contributed by atoms with van der Waals surface area (Å²) >= 11 is 0. The van der Waals surface area contributed by atoms with Gasteiger partial charge in [-0.2, -0.15) is 0 Å². The fourth-order valence-corrected chi connectivity index (χ4v) is 0.928. The number of hydrogen-bond acceptors (Lipinski definition) is 4. The summed E-state index contributed by atoms with van der Waals surface area (Å²) in [7, 11) is 0. The summed E-state index contributed by atoms with van der Waals surface area (Å²) in [6, 6.07) is 0. The van der Waals surface area contributed by atoms with Crippen LogP contribution in [0.15, 0.2) is 0 Å². The number of hydrogen-bond donors (Lipinski definition) is 3. The molecule has 3 N–H and O–H groups in total. The van der Waals surface area contributed by atoms with Gasteiger partial charge in [0.1, 0.15) is 0 Å². The normalized spacial score (nSPS) is 11.7. The number of carbonyl (C=O) groups is 1. The molecule has 0 saturated heterocycles. The van der Waals surface area contributed by atoms with E-state index in [-0.39, 0.29) is 25.9 Å². The highest BCUT2D eigenvalue weighted by atomic mass is 16.5. The number of ketones is 1. The summed E-state index contributed by atoms with van der Waals surface area (Å²) in [4.78, 5) is 11.0. The molecule has 0 aromatic carbocycles. The van der Waals surface area contributed by atoms with E-state index in [0.717, 1.165) is 0 Å². The Labute approximate surface area is 71.8 Å². The Hall–Kier alpha value is -0.450. The maximum atomic E-state index is 11.0. The molecule has 0 amide bonds. The van der Waals surface area contributed by atoms with E-state index >= 15 is 0 Å². The molecule has 0 aromatic heterocycles. The smallest absolute Gasteiger partial charge is 0.223 e. The van der Waals surface area contributed by atoms with E-state index in [1.54, 1.807) is 6.92 Å². The molecule has 72 valence electrons. The third kappa shape index (κ3) is 3.80. The molecule has 0 heterocycles. The second kappa shape index (κ2) is 5.24. The molecule has 0 bridgehead atoms. The van der Waals surface area contributed by atoms with Crippen LogP contribution >= 0.6 is 0 Å². The Kier molecular flexibility index (Phi) is 5.04. The van der Waals surface area contributed by atoms with Gasteiger partial charge in [-0.05, 0) is 6.42 Å². The lowest BCUT2D eigenvalue weighted by molar-refractivity contribution is -0.185. The van der Waals surface area contributed by atoms with Crippen LogP contribution in [-0.2, 0) is 4.79 Å². The Bertz CT molecular complexity index is 142. The van der Waals surface area contributed by atoms with Crippen molar-refractivity contribution in [1.82, 2.24) is 0 Å². The number of carbonyl (C=O) groups excluding carboxylic acids is 1. The highest BCUT2D eigenvalue weighted by Crippen LogP contribution is 2.12. The molecule has 0 rings (SSSR count). The molecule has 0 aliphatic rings. The van der Waals surface area contributed by atoms with Crippen LogP contribution in [0.3, 0.4) is 0 Å². The van der Waals surface area contributed by atoms with E-state index in [9.17, 15) is 4.79 Å². The van der Waals surface area contributed by atoms with Gasteiger partial charge in [0.15, 0.2) is 5.78 Å². The van der Waals surface area contributed by atoms with E-state index in [1.165, 1.54) is 0 Å². The van der Waals surface area contributed by atoms with Crippen LogP contribution in [-0.4, -0.2) is 33.5 Å². The molecule has 0 aromatic rings. The molecule has 0 atom stereocenters. The average Bonchev–Trinajstić information content (AvgIpc) is 2.00. The van der Waals surface area contributed by atoms with Crippen LogP contribution in [0.25, 0.3) is 0 Å². The molecule has 4 nitrogen and oxygen atoms in total. The molecular weight excluding hydrogens is 160 g/mol. The van der Waals surface area contributed by atoms with E-state index in [1.807, 2.05) is 0 Å². The largest absolute Gasteiger partial charge is 0.396 e. The Morgan fingerprint density at radius 2 is 2.00 bits per heavy atom. The first kappa shape index (κ1) is 11.6. The minimum Gasteiger partial charge on any atom is -0.396 e. The number of aliphatic hydroxyl groups excluding tert-OH is 1. The van der Waals surface area contributed by atoms with Gasteiger partial charge in [0, 0.05) is 19.4 Å². The maximum absolute atomic E-state index is 11.0. The van der Waals surface area contributed by atoms with Gasteiger partial charge < -0.3 is 15.3 Å². The fraction of sp³-hybridized carbons (Fsp3) is 0.875. The minimum atomic E-state index is -2.19. The van der Waals surface area contributed by atoms with Gasteiger partial charge in [-0.25, -0.2) is 0 Å². The van der Waals surface area contributed by atoms with Gasteiger partial charge >= 0.3 is 0 Å². The number of rotatable bonds is 6. The van der Waals surface area contributed by atoms with Crippen molar-refractivity contribution in [1.29, 1.82) is 0 Å². The first-order valence-corrected chi connectivity index (χ1v) is 4.13. The molecule has 0 aliphatic carbocycles. The van der Waals surface area contributed by atoms with Crippen LogP contribution in [0, 0.1) is 0 Å². The van der Waals surface area contributed by atoms with Crippen LogP contribution in [0.2, 0.25) is 0 Å². The van der Waals surface area contributed by atoms with Gasteiger partial charge in [-0.15, -0.1) is 0 Å². The highest BCUT2D eigenvalue weighted by molar-refractivity contribution is 5.85. The summed E-state index contributed by atoms with van der Waals surface area (Å²) in [6.07, 6.45) is 0.893. The van der Waals surface area contributed by atoms with Crippen LogP contribution in [0.4, 0.5) is 0 Å². The fourth-order valence-electron chi connectivity index (χ4n) is 0.928. The number of aliphatic hydroxyl groups is 3. The Morgan fingerprint density at radius 3 is 2.42 bits per heavy atom. The summed E-state index contributed by atoms with van der Waals surface area (Å²) in [5.74, 6) is -2.80. The zero-order valence-corrected chi connectivity index (χ0v) is 7.29. The first-order valence-electron chi connectivity index (χ1n) is 4.13. The lowest BCUT2D eigenvalue weighted by Crippen LogP contribution is -2.38. The SMILES string of the molecule is CCCC(O)(O)C(=O)CCCO. The standard InChI is InChI=1S/C8H16O4/c1-2-5-8(11,12)7(10)4-3-6-9/h9,11-12H,2-6H2,1H3. The van der Waals surface area contributed by atoms with Crippen molar-refractivity contribution in [2.45, 2.75) is 38.4 Å². The van der Waals surface area contributed by atoms with Crippen molar-refractivity contribution >= 4 is 5.78 Å². The molecule has 4 heteroatoms. The van der Waals surface area contributed by atoms with Gasteiger partial charge in [-0.1, -0.05) is 13.3 Å². The summed E-state index contributed by atoms with van der Waals surface area (Å²) in [5.41, 5.74) is 0. The van der Waals surface area contributed by atoms with Gasteiger partial charge in [-0.3, -0.25) is 4.79 Å². The molecule has 12 heavy (non-hydrogen) atoms. The Morgan fingerprint density at radius 1 is 1.42 bits per heavy atom. The van der Waals surface area contributed by atoms with E-state index in [2.05, 4.69) is 0 Å². The first-order chi connectivity index (χ1) is 5.54. The van der Waals surface area contributed by atoms with Gasteiger partial charge in [0.2, 0.25) is 5.79 Å². The molecule has 0 radical (unpaired) electrons. The van der Waals surface area contributed by atoms with Crippen LogP contribution < -0.4 is 0 Å². The van der Waals surface area contributed by atoms with E-state index in [4.69, 9.17) is 15.3 Å². The average molecular weight is 176 g/mol. The molecule has 0 spiro atoms. The second-order valence-corrected chi connectivity index (χ2v) is 2.82. The zero-order valence-electron chi connectivity index (χ0n) is 7.29. The topological polar surface area (TPSA) is 77.8 Å². The monoisotopic (exact) mass is 176 g/mol. The maximum Gasteiger partial charge on any atom is 0.223 e. The van der Waals surface area contributed by atoms with Crippen LogP contribution in [0.5, 0.6) is 0 Å². The predicted molar refractivity (Wildman–Crippen MR) is 43.4 cm³/mol. The number of Topliss-reactive ketones (excluding diaryl/α,β-unsaturated/α-hetero) is 1. The third-order valence-electron chi connectivity index (χ3n) is 1.61. The quantitative estimate of drug-likeness (QED) is 0.490. The molecule has 0 aliphatic heterocycles. The summed E-state index contributed by atoms with van der Waals surface area (Å²) < 4.78 is 0. The second-order valence-electron chi connectivity index (χ2n) is 2.82. The van der Waals surface area contributed by atoms with Crippen molar-refractivity contribution < 1.29 is 20.1 Å². The lowest BCUT2D eigenvalue weighted by Gasteiger charge is -2.18. The minimum absolute atomic E-state index is 0.0174. The van der Waals surface area contributed by atoms with Crippen LogP contribution in [0.1, 0.15) is 32.6 Å². The zero-order chi connectivity index (χ0) is 9.61. The molecular formula is C8H16O4. The van der Waals surface area contributed by atoms with Crippen molar-refractivity contribution in [3.63, 3.8) is 0 Å². The summed E-state index contributed by atoms with van der Waals surface area (Å²) in [6.45, 7) is 1.66. The van der Waals surface area contributed by atoms with Gasteiger partial charge in [0.05, 0.1) is 0 Å².